The second-order valence-electron chi connectivity index (χ2n) is 10.5. The average Bonchev–Trinajstić information content (AvgIpc) is 3.11. The number of benzene rings is 1. The van der Waals surface area contributed by atoms with Gasteiger partial charge in [-0.3, -0.25) is 0 Å². The summed E-state index contributed by atoms with van der Waals surface area (Å²) >= 11 is 0. The molecule has 5 nitrogen and oxygen atoms in total. The van der Waals surface area contributed by atoms with Crippen molar-refractivity contribution in [3.63, 3.8) is 0 Å². The molecule has 6 atom stereocenters. The number of ether oxygens (including phenoxy) is 1. The van der Waals surface area contributed by atoms with Gasteiger partial charge in [0.2, 0.25) is 0 Å². The fourth-order valence-corrected chi connectivity index (χ4v) is 6.21. The molecular weight excluding hydrogens is 404 g/mol. The molecule has 0 bridgehead atoms. The summed E-state index contributed by atoms with van der Waals surface area (Å²) in [6.07, 6.45) is 4.60. The lowest BCUT2D eigenvalue weighted by atomic mass is 9.54. The van der Waals surface area contributed by atoms with E-state index in [2.05, 4.69) is 20.8 Å². The van der Waals surface area contributed by atoms with Crippen LogP contribution in [0, 0.1) is 22.7 Å². The largest absolute Gasteiger partial charge is 0.457 e. The number of esters is 1. The molecule has 1 fully saturated rings. The highest BCUT2D eigenvalue weighted by Gasteiger charge is 2.55. The van der Waals surface area contributed by atoms with E-state index in [9.17, 15) is 20.1 Å². The lowest BCUT2D eigenvalue weighted by Crippen LogP contribution is -2.46. The smallest absolute Gasteiger partial charge is 0.338 e. The Morgan fingerprint density at radius 2 is 1.88 bits per heavy atom. The van der Waals surface area contributed by atoms with Crippen molar-refractivity contribution >= 4 is 5.97 Å². The van der Waals surface area contributed by atoms with E-state index in [0.29, 0.717) is 17.6 Å². The number of allylic oxidation sites excluding steroid dienone is 1. The molecule has 0 unspecified atom stereocenters. The molecule has 0 saturated heterocycles. The van der Waals surface area contributed by atoms with Crippen molar-refractivity contribution in [1.82, 2.24) is 0 Å². The van der Waals surface area contributed by atoms with E-state index in [0.717, 1.165) is 25.7 Å². The Kier molecular flexibility index (Phi) is 6.36. The maximum absolute atomic E-state index is 12.4. The maximum atomic E-state index is 12.4. The van der Waals surface area contributed by atoms with Crippen LogP contribution in [0.25, 0.3) is 0 Å². The molecule has 0 aromatic heterocycles. The van der Waals surface area contributed by atoms with Crippen LogP contribution in [-0.2, 0) is 4.74 Å². The lowest BCUT2D eigenvalue weighted by Gasteiger charge is -2.51. The minimum atomic E-state index is -0.791. The van der Waals surface area contributed by atoms with Crippen LogP contribution in [0.15, 0.2) is 53.1 Å². The number of hydrogen-bond acceptors (Lipinski definition) is 5. The highest BCUT2D eigenvalue weighted by Crippen LogP contribution is 2.63. The normalized spacial score (nSPS) is 35.4. The Morgan fingerprint density at radius 3 is 2.56 bits per heavy atom. The molecule has 1 aromatic rings. The van der Waals surface area contributed by atoms with E-state index in [1.807, 2.05) is 6.07 Å². The third kappa shape index (κ3) is 3.95. The summed E-state index contributed by atoms with van der Waals surface area (Å²) in [5.74, 6) is -0.325. The molecule has 3 aliphatic rings. The summed E-state index contributed by atoms with van der Waals surface area (Å²) in [5, 5.41) is 32.3. The fraction of sp³-hybridized carbons (Fsp3) is 0.593. The van der Waals surface area contributed by atoms with Gasteiger partial charge in [0.1, 0.15) is 6.61 Å². The van der Waals surface area contributed by atoms with Gasteiger partial charge in [-0.15, -0.1) is 0 Å². The van der Waals surface area contributed by atoms with Crippen molar-refractivity contribution in [1.29, 1.82) is 0 Å². The minimum absolute atomic E-state index is 0.0244. The van der Waals surface area contributed by atoms with Crippen LogP contribution in [0.2, 0.25) is 0 Å². The number of carbonyl (C=O) groups excluding carboxylic acids is 1. The van der Waals surface area contributed by atoms with Gasteiger partial charge in [0.05, 0.1) is 17.8 Å². The summed E-state index contributed by atoms with van der Waals surface area (Å²) in [4.78, 5) is 12.4. The molecule has 174 valence electrons. The van der Waals surface area contributed by atoms with E-state index < -0.39 is 23.6 Å². The van der Waals surface area contributed by atoms with Crippen LogP contribution < -0.4 is 0 Å². The summed E-state index contributed by atoms with van der Waals surface area (Å²) in [6, 6.07) is 8.79. The van der Waals surface area contributed by atoms with E-state index in [4.69, 9.17) is 4.74 Å². The average molecular weight is 441 g/mol. The van der Waals surface area contributed by atoms with Gasteiger partial charge in [-0.25, -0.2) is 4.79 Å². The maximum Gasteiger partial charge on any atom is 0.338 e. The van der Waals surface area contributed by atoms with Crippen molar-refractivity contribution < 1.29 is 24.9 Å². The van der Waals surface area contributed by atoms with Gasteiger partial charge in [0.25, 0.3) is 0 Å². The Hall–Kier alpha value is -1.95. The van der Waals surface area contributed by atoms with Gasteiger partial charge in [-0.05, 0) is 61.1 Å². The van der Waals surface area contributed by atoms with E-state index in [1.54, 1.807) is 30.3 Å². The zero-order chi connectivity index (χ0) is 23.1. The van der Waals surface area contributed by atoms with Gasteiger partial charge in [-0.1, -0.05) is 56.2 Å². The molecule has 4 rings (SSSR count). The molecule has 1 saturated carbocycles. The molecule has 0 heterocycles. The molecule has 0 aliphatic heterocycles. The first-order chi connectivity index (χ1) is 15.2. The SMILES string of the molecule is C[C@@H](CO)C1=C2[C@@H]3C[C@H](O)C(COC(=O)c4ccccc4)=C[C@@H](O)[C@@]3(C)CC[C@]2(C)CC1. The Bertz CT molecular complexity index is 919. The third-order valence-corrected chi connectivity index (χ3v) is 8.48. The highest BCUT2D eigenvalue weighted by molar-refractivity contribution is 5.89. The zero-order valence-corrected chi connectivity index (χ0v) is 19.4. The van der Waals surface area contributed by atoms with Crippen molar-refractivity contribution in [2.45, 2.75) is 65.1 Å². The van der Waals surface area contributed by atoms with Crippen LogP contribution in [0.4, 0.5) is 0 Å². The van der Waals surface area contributed by atoms with Crippen molar-refractivity contribution in [3.8, 4) is 0 Å². The summed E-state index contributed by atoms with van der Waals surface area (Å²) < 4.78 is 5.49. The molecule has 32 heavy (non-hydrogen) atoms. The van der Waals surface area contributed by atoms with E-state index in [1.165, 1.54) is 11.1 Å². The predicted octanol–water partition coefficient (Wildman–Crippen LogP) is 4.04. The molecule has 0 radical (unpaired) electrons. The molecule has 5 heteroatoms. The third-order valence-electron chi connectivity index (χ3n) is 8.48. The van der Waals surface area contributed by atoms with Crippen LogP contribution in [0.5, 0.6) is 0 Å². The minimum Gasteiger partial charge on any atom is -0.457 e. The van der Waals surface area contributed by atoms with Crippen molar-refractivity contribution in [2.24, 2.45) is 22.7 Å². The topological polar surface area (TPSA) is 87.0 Å². The van der Waals surface area contributed by atoms with Crippen LogP contribution in [0.1, 0.15) is 63.2 Å². The van der Waals surface area contributed by atoms with Crippen molar-refractivity contribution in [2.75, 3.05) is 13.2 Å². The lowest BCUT2D eigenvalue weighted by molar-refractivity contribution is -0.0143. The molecular formula is C27H36O5. The number of fused-ring (bicyclic) bond motifs is 3. The van der Waals surface area contributed by atoms with Gasteiger partial charge in [0.15, 0.2) is 0 Å². The molecule has 0 amide bonds. The molecule has 0 spiro atoms. The summed E-state index contributed by atoms with van der Waals surface area (Å²) in [6.45, 7) is 6.57. The van der Waals surface area contributed by atoms with E-state index >= 15 is 0 Å². The van der Waals surface area contributed by atoms with Gasteiger partial charge in [0, 0.05) is 17.9 Å². The van der Waals surface area contributed by atoms with E-state index in [-0.39, 0.29) is 30.5 Å². The van der Waals surface area contributed by atoms with Gasteiger partial charge < -0.3 is 20.1 Å². The monoisotopic (exact) mass is 440 g/mol. The van der Waals surface area contributed by atoms with Gasteiger partial charge >= 0.3 is 5.97 Å². The first-order valence-corrected chi connectivity index (χ1v) is 11.8. The zero-order valence-electron chi connectivity index (χ0n) is 19.4. The second kappa shape index (κ2) is 8.77. The molecule has 1 aromatic carbocycles. The van der Waals surface area contributed by atoms with Crippen LogP contribution in [-0.4, -0.2) is 46.7 Å². The van der Waals surface area contributed by atoms with Crippen molar-refractivity contribution in [3.05, 3.63) is 58.7 Å². The standard InChI is InChI=1S/C27H36O5/c1-17(15-28)20-9-10-26(2)11-12-27(3)21(24(20)26)14-22(29)19(13-23(27)30)16-32-25(31)18-7-5-4-6-8-18/h4-8,13,17,21-23,28-30H,9-12,14-16H2,1-3H3/t17-,21-,22-,23+,26-,27-/m0/s1. The van der Waals surface area contributed by atoms with Gasteiger partial charge in [-0.2, -0.15) is 0 Å². The number of carbonyl (C=O) groups is 1. The Labute approximate surface area is 190 Å². The number of rotatable bonds is 5. The number of hydrogen-bond donors (Lipinski definition) is 3. The van der Waals surface area contributed by atoms with Crippen LogP contribution in [0.3, 0.4) is 0 Å². The summed E-state index contributed by atoms with van der Waals surface area (Å²) in [5.41, 5.74) is 3.35. The molecule has 3 aliphatic carbocycles. The Morgan fingerprint density at radius 1 is 1.16 bits per heavy atom. The molecule has 3 N–H and O–H groups in total. The fourth-order valence-electron chi connectivity index (χ4n) is 6.21. The first-order valence-electron chi connectivity index (χ1n) is 11.8. The second-order valence-corrected chi connectivity index (χ2v) is 10.5. The Balaban J connectivity index is 1.61. The van der Waals surface area contributed by atoms with Crippen LogP contribution >= 0.6 is 0 Å². The quantitative estimate of drug-likeness (QED) is 0.475. The first kappa shape index (κ1) is 23.2. The highest BCUT2D eigenvalue weighted by atomic mass is 16.5. The summed E-state index contributed by atoms with van der Waals surface area (Å²) in [7, 11) is 0. The number of aliphatic hydroxyl groups excluding tert-OH is 3. The predicted molar refractivity (Wildman–Crippen MR) is 123 cm³/mol. The number of aliphatic hydroxyl groups is 3.